The smallest absolute Gasteiger partial charge is 0.488 e. The van der Waals surface area contributed by atoms with E-state index < -0.39 is 7.12 Å². The van der Waals surface area contributed by atoms with Gasteiger partial charge in [0.25, 0.3) is 0 Å². The van der Waals surface area contributed by atoms with Crippen LogP contribution in [0.4, 0.5) is 0 Å². The summed E-state index contributed by atoms with van der Waals surface area (Å²) >= 11 is 0. The monoisotopic (exact) mass is 338 g/mol. The predicted molar refractivity (Wildman–Crippen MR) is 102 cm³/mol. The van der Waals surface area contributed by atoms with Crippen molar-refractivity contribution in [2.45, 2.75) is 20.4 Å². The van der Waals surface area contributed by atoms with Gasteiger partial charge in [0.05, 0.1) is 7.11 Å². The van der Waals surface area contributed by atoms with Crippen molar-refractivity contribution < 1.29 is 14.8 Å². The molecule has 2 rings (SSSR count). The highest BCUT2D eigenvalue weighted by atomic mass is 16.5. The van der Waals surface area contributed by atoms with Gasteiger partial charge < -0.3 is 20.1 Å². The Morgan fingerprint density at radius 2 is 1.88 bits per heavy atom. The Kier molecular flexibility index (Phi) is 6.39. The van der Waals surface area contributed by atoms with Crippen LogP contribution in [0, 0.1) is 13.8 Å². The molecule has 0 unspecified atom stereocenters. The average molecular weight is 338 g/mol. The lowest BCUT2D eigenvalue weighted by Crippen LogP contribution is -2.30. The minimum atomic E-state index is -1.46. The Labute approximate surface area is 148 Å². The largest absolute Gasteiger partial charge is 0.496 e. The van der Waals surface area contributed by atoms with E-state index >= 15 is 0 Å². The first-order valence-electron chi connectivity index (χ1n) is 7.99. The molecule has 0 aromatic heterocycles. The Hall–Kier alpha value is -2.57. The Morgan fingerprint density at radius 3 is 2.44 bits per heavy atom. The molecular weight excluding hydrogens is 315 g/mol. The molecule has 25 heavy (non-hydrogen) atoms. The second-order valence-electron chi connectivity index (χ2n) is 5.77. The van der Waals surface area contributed by atoms with Crippen LogP contribution in [0.1, 0.15) is 22.3 Å². The lowest BCUT2D eigenvalue weighted by atomic mass is 9.80. The normalized spacial score (nSPS) is 11.2. The van der Waals surface area contributed by atoms with E-state index in [9.17, 15) is 0 Å². The van der Waals surface area contributed by atoms with Gasteiger partial charge in [0.15, 0.2) is 0 Å². The van der Waals surface area contributed by atoms with E-state index in [4.69, 9.17) is 14.8 Å². The summed E-state index contributed by atoms with van der Waals surface area (Å²) in [6.45, 7) is 8.26. The van der Waals surface area contributed by atoms with Crippen molar-refractivity contribution in [2.75, 3.05) is 7.11 Å². The number of ether oxygens (including phenoxy) is 1. The number of amidine groups is 1. The fourth-order valence-corrected chi connectivity index (χ4v) is 2.60. The number of aliphatic imine (C=N–C) groups is 1. The van der Waals surface area contributed by atoms with Crippen molar-refractivity contribution in [1.82, 2.24) is 5.32 Å². The number of hydrogen-bond donors (Lipinski definition) is 3. The Bertz CT molecular complexity index is 771. The van der Waals surface area contributed by atoms with Gasteiger partial charge in [0.1, 0.15) is 11.6 Å². The standard InChI is InChI=1S/C19H23BN2O3/c1-5-21-19(17-11-18(25-4)14(3)10-13(17)2)22-12-15-6-8-16(9-7-15)20(23)24/h5-11,23-24H,1,12H2,2-4H3,(H,21,22). The van der Waals surface area contributed by atoms with Crippen molar-refractivity contribution in [2.24, 2.45) is 4.99 Å². The summed E-state index contributed by atoms with van der Waals surface area (Å²) in [7, 11) is 0.193. The van der Waals surface area contributed by atoms with Gasteiger partial charge in [-0.2, -0.15) is 0 Å². The average Bonchev–Trinajstić information content (AvgIpc) is 2.59. The number of nitrogens with zero attached hydrogens (tertiary/aromatic N) is 1. The third-order valence-electron chi connectivity index (χ3n) is 3.96. The summed E-state index contributed by atoms with van der Waals surface area (Å²) in [5, 5.41) is 21.6. The first-order chi connectivity index (χ1) is 12.0. The molecule has 2 aromatic carbocycles. The molecule has 0 bridgehead atoms. The van der Waals surface area contributed by atoms with Gasteiger partial charge in [-0.05, 0) is 42.1 Å². The molecule has 0 fully saturated rings. The van der Waals surface area contributed by atoms with Gasteiger partial charge in [0.2, 0.25) is 0 Å². The van der Waals surface area contributed by atoms with E-state index in [1.54, 1.807) is 19.2 Å². The number of rotatable bonds is 6. The van der Waals surface area contributed by atoms with Crippen LogP contribution in [0.2, 0.25) is 0 Å². The highest BCUT2D eigenvalue weighted by molar-refractivity contribution is 6.58. The second-order valence-corrected chi connectivity index (χ2v) is 5.77. The van der Waals surface area contributed by atoms with E-state index in [0.717, 1.165) is 28.0 Å². The first-order valence-corrected chi connectivity index (χ1v) is 7.99. The summed E-state index contributed by atoms with van der Waals surface area (Å²) in [6, 6.07) is 11.1. The maximum Gasteiger partial charge on any atom is 0.488 e. The van der Waals surface area contributed by atoms with Crippen LogP contribution in [-0.4, -0.2) is 30.1 Å². The topological polar surface area (TPSA) is 74.1 Å². The number of hydrogen-bond acceptors (Lipinski definition) is 4. The number of methoxy groups -OCH3 is 1. The van der Waals surface area contributed by atoms with Crippen molar-refractivity contribution in [1.29, 1.82) is 0 Å². The molecule has 6 heteroatoms. The van der Waals surface area contributed by atoms with Crippen molar-refractivity contribution >= 4 is 18.4 Å². The molecular formula is C19H23BN2O3. The molecule has 0 atom stereocenters. The highest BCUT2D eigenvalue weighted by Gasteiger charge is 2.12. The number of aryl methyl sites for hydroxylation is 2. The van der Waals surface area contributed by atoms with E-state index in [0.29, 0.717) is 17.8 Å². The van der Waals surface area contributed by atoms with E-state index in [-0.39, 0.29) is 0 Å². The van der Waals surface area contributed by atoms with Crippen LogP contribution in [0.5, 0.6) is 5.75 Å². The summed E-state index contributed by atoms with van der Waals surface area (Å²) in [5.74, 6) is 1.51. The maximum absolute atomic E-state index is 9.15. The van der Waals surface area contributed by atoms with Crippen LogP contribution in [0.25, 0.3) is 0 Å². The molecule has 0 saturated carbocycles. The minimum absolute atomic E-state index is 0.461. The zero-order valence-corrected chi connectivity index (χ0v) is 14.8. The molecule has 0 aliphatic carbocycles. The van der Waals surface area contributed by atoms with Crippen molar-refractivity contribution in [3.05, 3.63) is 71.4 Å². The summed E-state index contributed by atoms with van der Waals surface area (Å²) in [4.78, 5) is 4.36. The third-order valence-corrected chi connectivity index (χ3v) is 3.96. The summed E-state index contributed by atoms with van der Waals surface area (Å²) < 4.78 is 5.41. The second kappa shape index (κ2) is 8.51. The van der Waals surface area contributed by atoms with Crippen LogP contribution < -0.4 is 15.5 Å². The zero-order valence-electron chi connectivity index (χ0n) is 14.8. The van der Waals surface area contributed by atoms with Gasteiger partial charge in [-0.15, -0.1) is 0 Å². The third kappa shape index (κ3) is 4.72. The van der Waals surface area contributed by atoms with Crippen LogP contribution in [0.3, 0.4) is 0 Å². The number of benzene rings is 2. The van der Waals surface area contributed by atoms with Crippen molar-refractivity contribution in [3.8, 4) is 5.75 Å². The van der Waals surface area contributed by atoms with Gasteiger partial charge >= 0.3 is 7.12 Å². The zero-order chi connectivity index (χ0) is 18.4. The molecule has 0 saturated heterocycles. The van der Waals surface area contributed by atoms with E-state index in [1.807, 2.05) is 32.0 Å². The van der Waals surface area contributed by atoms with Crippen LogP contribution >= 0.6 is 0 Å². The molecule has 0 spiro atoms. The molecule has 0 aliphatic heterocycles. The van der Waals surface area contributed by atoms with E-state index in [2.05, 4.69) is 23.0 Å². The van der Waals surface area contributed by atoms with Gasteiger partial charge in [0, 0.05) is 18.3 Å². The van der Waals surface area contributed by atoms with Crippen molar-refractivity contribution in [3.63, 3.8) is 0 Å². The molecule has 130 valence electrons. The summed E-state index contributed by atoms with van der Waals surface area (Å²) in [6.07, 6.45) is 1.50. The fourth-order valence-electron chi connectivity index (χ4n) is 2.60. The van der Waals surface area contributed by atoms with Crippen LogP contribution in [0.15, 0.2) is 54.2 Å². The van der Waals surface area contributed by atoms with E-state index in [1.165, 1.54) is 6.20 Å². The quantitative estimate of drug-likeness (QED) is 0.426. The number of nitrogens with one attached hydrogen (secondary N) is 1. The van der Waals surface area contributed by atoms with Crippen LogP contribution in [-0.2, 0) is 6.54 Å². The molecule has 0 aliphatic rings. The SMILES string of the molecule is C=C/N=C(/NCc1ccc(B(O)O)cc1)c1cc(OC)c(C)cc1C. The predicted octanol–water partition coefficient (Wildman–Crippen LogP) is 1.67. The maximum atomic E-state index is 9.15. The Balaban J connectivity index is 2.22. The Morgan fingerprint density at radius 1 is 1.20 bits per heavy atom. The molecule has 5 nitrogen and oxygen atoms in total. The molecule has 0 heterocycles. The lowest BCUT2D eigenvalue weighted by molar-refractivity contribution is 0.411. The summed E-state index contributed by atoms with van der Waals surface area (Å²) in [5.41, 5.74) is 4.57. The molecule has 3 N–H and O–H groups in total. The molecule has 2 aromatic rings. The highest BCUT2D eigenvalue weighted by Crippen LogP contribution is 2.23. The molecule has 0 radical (unpaired) electrons. The minimum Gasteiger partial charge on any atom is -0.496 e. The van der Waals surface area contributed by atoms with Gasteiger partial charge in [-0.1, -0.05) is 36.9 Å². The fraction of sp³-hybridized carbons (Fsp3) is 0.211. The van der Waals surface area contributed by atoms with Gasteiger partial charge in [-0.25, -0.2) is 4.99 Å². The lowest BCUT2D eigenvalue weighted by Gasteiger charge is -2.15. The first kappa shape index (κ1) is 18.8. The molecule has 0 amide bonds. The van der Waals surface area contributed by atoms with Gasteiger partial charge in [-0.3, -0.25) is 0 Å².